The van der Waals surface area contributed by atoms with Gasteiger partial charge in [-0.3, -0.25) is 10.5 Å². The van der Waals surface area contributed by atoms with Crippen LogP contribution in [-0.4, -0.2) is 47.0 Å². The van der Waals surface area contributed by atoms with Crippen molar-refractivity contribution >= 4 is 5.97 Å². The molecule has 24 heavy (non-hydrogen) atoms. The lowest BCUT2D eigenvalue weighted by Gasteiger charge is -2.38. The highest BCUT2D eigenvalue weighted by Gasteiger charge is 2.90. The first-order valence-electron chi connectivity index (χ1n) is 4.92. The summed E-state index contributed by atoms with van der Waals surface area (Å²) < 4.78 is 157. The number of aliphatic carboxylic acids is 1. The molecule has 0 aromatic rings. The molecule has 3 N–H and O–H groups in total. The van der Waals surface area contributed by atoms with Gasteiger partial charge in [0.2, 0.25) is 0 Å². The molecule has 0 aromatic carbocycles. The van der Waals surface area contributed by atoms with E-state index in [4.69, 9.17) is 9.90 Å². The smallest absolute Gasteiger partial charge is 0.460 e. The van der Waals surface area contributed by atoms with E-state index in [0.717, 1.165) is 6.92 Å². The Kier molecular flexibility index (Phi) is 6.64. The van der Waals surface area contributed by atoms with Gasteiger partial charge in [0.05, 0.1) is 0 Å². The molecule has 0 aliphatic carbocycles. The van der Waals surface area contributed by atoms with Crippen molar-refractivity contribution in [3.63, 3.8) is 0 Å². The van der Waals surface area contributed by atoms with E-state index >= 15 is 0 Å². The van der Waals surface area contributed by atoms with Crippen LogP contribution >= 0.6 is 0 Å². The summed E-state index contributed by atoms with van der Waals surface area (Å²) in [6.45, 7) is 1.08. The van der Waals surface area contributed by atoms with Crippen molar-refractivity contribution in [3.8, 4) is 0 Å². The second-order valence-corrected chi connectivity index (χ2v) is 3.94. The van der Waals surface area contributed by atoms with Crippen LogP contribution in [0.3, 0.4) is 0 Å². The Hall–Kier alpha value is -1.48. The number of hydrogen-bond donors (Lipinski definition) is 2. The average Bonchev–Trinajstić information content (AvgIpc) is 2.23. The van der Waals surface area contributed by atoms with Crippen LogP contribution in [0.15, 0.2) is 0 Å². The highest BCUT2D eigenvalue weighted by molar-refractivity contribution is 5.62. The number of alkyl halides is 13. The van der Waals surface area contributed by atoms with Crippen LogP contribution in [0.25, 0.3) is 0 Å². The second-order valence-electron chi connectivity index (χ2n) is 3.94. The number of rotatable bonds is 4. The van der Waals surface area contributed by atoms with Gasteiger partial charge in [-0.25, -0.2) is 0 Å². The van der Waals surface area contributed by atoms with E-state index in [1.807, 2.05) is 0 Å². The van der Waals surface area contributed by atoms with E-state index in [-0.39, 0.29) is 0 Å². The Morgan fingerprint density at radius 3 is 1.04 bits per heavy atom. The molecule has 0 heterocycles. The predicted molar refractivity (Wildman–Crippen MR) is 48.3 cm³/mol. The van der Waals surface area contributed by atoms with Gasteiger partial charge in [0.1, 0.15) is 0 Å². The Morgan fingerprint density at radius 1 is 0.667 bits per heavy atom. The van der Waals surface area contributed by atoms with Crippen molar-refractivity contribution in [1.29, 1.82) is 0 Å². The minimum atomic E-state index is -7.88. The number of halogens is 13. The number of carboxylic acid groups (broad SMARTS) is 1. The van der Waals surface area contributed by atoms with E-state index < -0.39 is 41.9 Å². The molecule has 0 aromatic heterocycles. The molecule has 0 saturated heterocycles. The van der Waals surface area contributed by atoms with Crippen molar-refractivity contribution in [2.75, 3.05) is 0 Å². The Labute approximate surface area is 123 Å². The molecule has 0 unspecified atom stereocenters. The maximum atomic E-state index is 12.5. The van der Waals surface area contributed by atoms with Crippen LogP contribution < -0.4 is 5.73 Å². The maximum Gasteiger partial charge on any atom is 0.460 e. The van der Waals surface area contributed by atoms with Gasteiger partial charge in [-0.05, 0) is 0 Å². The lowest BCUT2D eigenvalue weighted by molar-refractivity contribution is -0.439. The van der Waals surface area contributed by atoms with Crippen molar-refractivity contribution < 1.29 is 67.0 Å². The molecule has 0 aliphatic rings. The van der Waals surface area contributed by atoms with E-state index in [1.54, 1.807) is 0 Å². The van der Waals surface area contributed by atoms with E-state index in [9.17, 15) is 57.1 Å². The summed E-state index contributed by atoms with van der Waals surface area (Å²) in [5, 5.41) is 7.42. The van der Waals surface area contributed by atoms with Gasteiger partial charge in [0.25, 0.3) is 5.97 Å². The molecule has 3 nitrogen and oxygen atoms in total. The van der Waals surface area contributed by atoms with Gasteiger partial charge in [-0.1, -0.05) is 0 Å². The van der Waals surface area contributed by atoms with E-state index in [0.29, 0.717) is 0 Å². The van der Waals surface area contributed by atoms with Gasteiger partial charge in [0.15, 0.2) is 0 Å². The van der Waals surface area contributed by atoms with Gasteiger partial charge in [-0.15, -0.1) is 0 Å². The fourth-order valence-corrected chi connectivity index (χ4v) is 0.782. The highest BCUT2D eigenvalue weighted by atomic mass is 19.4. The monoisotopic (exact) mass is 395 g/mol. The third-order valence-corrected chi connectivity index (χ3v) is 1.96. The summed E-state index contributed by atoms with van der Waals surface area (Å²) in [5.74, 6) is -31.6. The summed E-state index contributed by atoms with van der Waals surface area (Å²) in [4.78, 5) is 9.00. The maximum absolute atomic E-state index is 12.5. The second kappa shape index (κ2) is 6.44. The van der Waals surface area contributed by atoms with Crippen molar-refractivity contribution in [2.24, 2.45) is 5.73 Å². The number of hydrogen-bond acceptors (Lipinski definition) is 2. The predicted octanol–water partition coefficient (Wildman–Crippen LogP) is 3.73. The zero-order valence-electron chi connectivity index (χ0n) is 10.8. The van der Waals surface area contributed by atoms with Gasteiger partial charge in [0, 0.05) is 6.92 Å². The van der Waals surface area contributed by atoms with Crippen LogP contribution in [-0.2, 0) is 4.79 Å². The van der Waals surface area contributed by atoms with Crippen molar-refractivity contribution in [3.05, 3.63) is 0 Å². The van der Waals surface area contributed by atoms with Crippen LogP contribution in [0, 0.1) is 0 Å². The standard InChI is InChI=1S/C6H2F13N.C2H4O2/c7-1(8,3(11,12)5(15,16)17)2(9,10)4(13,14)6(18,19)20;1-2(3)4/h20H2;1H3,(H,3,4). The van der Waals surface area contributed by atoms with Crippen molar-refractivity contribution in [1.82, 2.24) is 0 Å². The van der Waals surface area contributed by atoms with Crippen LogP contribution in [0.1, 0.15) is 6.92 Å². The minimum Gasteiger partial charge on any atom is -0.481 e. The zero-order chi connectivity index (χ0) is 20.6. The van der Waals surface area contributed by atoms with Crippen molar-refractivity contribution in [2.45, 2.75) is 42.8 Å². The quantitative estimate of drug-likeness (QED) is 0.564. The van der Waals surface area contributed by atoms with Gasteiger partial charge in [-0.2, -0.15) is 57.1 Å². The first kappa shape index (κ1) is 24.8. The molecule has 0 aliphatic heterocycles. The highest BCUT2D eigenvalue weighted by Crippen LogP contribution is 2.59. The molecule has 0 bridgehead atoms. The lowest BCUT2D eigenvalue weighted by Crippen LogP contribution is -2.71. The average molecular weight is 395 g/mol. The molecule has 146 valence electrons. The fraction of sp³-hybridized carbons (Fsp3) is 0.875. The normalized spacial score (nSPS) is 14.8. The van der Waals surface area contributed by atoms with Crippen LogP contribution in [0.2, 0.25) is 0 Å². The van der Waals surface area contributed by atoms with E-state index in [2.05, 4.69) is 5.73 Å². The topological polar surface area (TPSA) is 63.3 Å². The number of nitrogens with two attached hydrogens (primary N) is 1. The number of carboxylic acids is 1. The SMILES string of the molecule is CC(=O)O.NC(F)(F)C(F)(F)C(F)(F)C(F)(F)C(F)(F)C(F)(F)F. The molecule has 0 saturated carbocycles. The summed E-state index contributed by atoms with van der Waals surface area (Å²) in [6.07, 6.45) is -7.40. The molecule has 0 rings (SSSR count). The lowest BCUT2D eigenvalue weighted by atomic mass is 9.97. The largest absolute Gasteiger partial charge is 0.481 e. The molecule has 16 heteroatoms. The Bertz CT molecular complexity index is 410. The first-order chi connectivity index (χ1) is 9.98. The van der Waals surface area contributed by atoms with Crippen LogP contribution in [0.5, 0.6) is 0 Å². The van der Waals surface area contributed by atoms with Crippen LogP contribution in [0.4, 0.5) is 57.1 Å². The third-order valence-electron chi connectivity index (χ3n) is 1.96. The van der Waals surface area contributed by atoms with Gasteiger partial charge < -0.3 is 5.11 Å². The third kappa shape index (κ3) is 4.13. The molecule has 0 fully saturated rings. The Morgan fingerprint density at radius 2 is 0.875 bits per heavy atom. The summed E-state index contributed by atoms with van der Waals surface area (Å²) in [6, 6.07) is -6.48. The van der Waals surface area contributed by atoms with Gasteiger partial charge >= 0.3 is 35.9 Å². The molecule has 0 radical (unpaired) electrons. The zero-order valence-corrected chi connectivity index (χ0v) is 10.8. The molecule has 0 spiro atoms. The minimum absolute atomic E-state index is 0.833. The first-order valence-corrected chi connectivity index (χ1v) is 4.92. The summed E-state index contributed by atoms with van der Waals surface area (Å²) >= 11 is 0. The summed E-state index contributed by atoms with van der Waals surface area (Å²) in [7, 11) is 0. The molecular weight excluding hydrogens is 389 g/mol. The molecular formula is C8H6F13NO2. The fourth-order valence-electron chi connectivity index (χ4n) is 0.782. The molecule has 0 atom stereocenters. The van der Waals surface area contributed by atoms with E-state index in [1.165, 1.54) is 0 Å². The summed E-state index contributed by atoms with van der Waals surface area (Å²) in [5.41, 5.74) is 3.13. The number of carbonyl (C=O) groups is 1. The Balaban J connectivity index is 0. The molecule has 0 amide bonds.